The Morgan fingerprint density at radius 1 is 1.18 bits per heavy atom. The van der Waals surface area contributed by atoms with Gasteiger partial charge in [-0.3, -0.25) is 9.69 Å². The number of piperidine rings is 1. The number of likely N-dealkylation sites (tertiary alicyclic amines) is 1. The van der Waals surface area contributed by atoms with E-state index in [4.69, 9.17) is 4.74 Å². The fraction of sp³-hybridized carbons (Fsp3) is 0.833. The first-order valence-electron chi connectivity index (χ1n) is 14.1. The fourth-order valence-corrected chi connectivity index (χ4v) is 9.93. The Morgan fingerprint density at radius 3 is 2.79 bits per heavy atom. The van der Waals surface area contributed by atoms with Gasteiger partial charge in [-0.2, -0.15) is 0 Å². The van der Waals surface area contributed by atoms with Gasteiger partial charge in [-0.25, -0.2) is 0 Å². The van der Waals surface area contributed by atoms with Crippen LogP contribution in [0.1, 0.15) is 92.4 Å². The van der Waals surface area contributed by atoms with E-state index in [1.54, 1.807) is 11.1 Å². The predicted octanol–water partition coefficient (Wildman–Crippen LogP) is 6.33. The van der Waals surface area contributed by atoms with Crippen molar-refractivity contribution in [1.29, 1.82) is 0 Å². The van der Waals surface area contributed by atoms with Crippen LogP contribution in [0.4, 0.5) is 0 Å². The van der Waals surface area contributed by atoms with Crippen LogP contribution in [0.5, 0.6) is 0 Å². The number of hydrogen-bond acceptors (Lipinski definition) is 3. The summed E-state index contributed by atoms with van der Waals surface area (Å²) < 4.78 is 7.22. The quantitative estimate of drug-likeness (QED) is 0.459. The Bertz CT molecular complexity index is 903. The van der Waals surface area contributed by atoms with Crippen molar-refractivity contribution in [2.24, 2.45) is 35.0 Å². The lowest BCUT2D eigenvalue weighted by molar-refractivity contribution is -0.116. The first-order chi connectivity index (χ1) is 15.8. The van der Waals surface area contributed by atoms with Crippen LogP contribution < -0.4 is 0 Å². The van der Waals surface area contributed by atoms with Crippen LogP contribution in [0.2, 0.25) is 0 Å². The smallest absolute Gasteiger partial charge is 0.155 e. The number of hydrogen-bond donors (Lipinski definition) is 0. The molecule has 33 heavy (non-hydrogen) atoms. The van der Waals surface area contributed by atoms with E-state index >= 15 is 0 Å². The zero-order valence-corrected chi connectivity index (χ0v) is 21.7. The summed E-state index contributed by atoms with van der Waals surface area (Å²) in [6.07, 6.45) is 13.0. The van der Waals surface area contributed by atoms with E-state index in [-0.39, 0.29) is 11.0 Å². The van der Waals surface area contributed by atoms with E-state index in [0.717, 1.165) is 42.9 Å². The summed E-state index contributed by atoms with van der Waals surface area (Å²) in [5.74, 6) is 3.99. The van der Waals surface area contributed by atoms with E-state index in [2.05, 4.69) is 39.5 Å². The van der Waals surface area contributed by atoms with Gasteiger partial charge in [-0.1, -0.05) is 38.8 Å². The molecule has 0 radical (unpaired) electrons. The molecule has 0 aromatic carbocycles. The zero-order chi connectivity index (χ0) is 23.1. The Balaban J connectivity index is 1.34. The maximum absolute atomic E-state index is 12.2. The number of fused-ring (bicyclic) bond motifs is 6. The lowest BCUT2D eigenvalue weighted by Crippen LogP contribution is -2.52. The summed E-state index contributed by atoms with van der Waals surface area (Å²) >= 11 is 0. The Hall–Kier alpha value is -0.930. The largest absolute Gasteiger partial charge is 0.365 e. The van der Waals surface area contributed by atoms with E-state index in [1.807, 2.05) is 6.08 Å². The van der Waals surface area contributed by atoms with Crippen LogP contribution >= 0.6 is 0 Å². The third-order valence-electron chi connectivity index (χ3n) is 11.5. The van der Waals surface area contributed by atoms with Gasteiger partial charge >= 0.3 is 0 Å². The highest BCUT2D eigenvalue weighted by Crippen LogP contribution is 2.65. The molecule has 0 amide bonds. The third-order valence-corrected chi connectivity index (χ3v) is 11.5. The average molecular weight is 452 g/mol. The number of allylic oxidation sites excluding steroid dienone is 3. The highest BCUT2D eigenvalue weighted by Gasteiger charge is 2.61. The van der Waals surface area contributed by atoms with Crippen LogP contribution in [0.3, 0.4) is 0 Å². The van der Waals surface area contributed by atoms with E-state index in [9.17, 15) is 4.79 Å². The fourth-order valence-electron chi connectivity index (χ4n) is 9.93. The van der Waals surface area contributed by atoms with Crippen molar-refractivity contribution in [3.63, 3.8) is 0 Å². The lowest BCUT2D eigenvalue weighted by atomic mass is 9.56. The topological polar surface area (TPSA) is 29.5 Å². The summed E-state index contributed by atoms with van der Waals surface area (Å²) in [6.45, 7) is 14.7. The molecule has 2 saturated heterocycles. The summed E-state index contributed by atoms with van der Waals surface area (Å²) in [5.41, 5.74) is 5.09. The summed E-state index contributed by atoms with van der Waals surface area (Å²) in [7, 11) is 0. The summed E-state index contributed by atoms with van der Waals surface area (Å²) in [4.78, 5) is 15.0. The van der Waals surface area contributed by atoms with Gasteiger partial charge in [-0.15, -0.1) is 0 Å². The minimum absolute atomic E-state index is 0.0349. The van der Waals surface area contributed by atoms with Crippen molar-refractivity contribution >= 4 is 5.78 Å². The molecule has 3 nitrogen and oxygen atoms in total. The highest BCUT2D eigenvalue weighted by atomic mass is 16.5. The molecule has 2 saturated carbocycles. The Kier molecular flexibility index (Phi) is 5.32. The van der Waals surface area contributed by atoms with Crippen LogP contribution in [0.25, 0.3) is 0 Å². The van der Waals surface area contributed by atoms with Crippen LogP contribution in [-0.2, 0) is 9.53 Å². The number of ketones is 1. The summed E-state index contributed by atoms with van der Waals surface area (Å²) in [6, 6.07) is 0.591. The second-order valence-corrected chi connectivity index (χ2v) is 13.0. The van der Waals surface area contributed by atoms with Crippen LogP contribution in [0.15, 0.2) is 22.8 Å². The number of nitrogens with zero attached hydrogens (tertiary/aromatic N) is 1. The highest BCUT2D eigenvalue weighted by molar-refractivity contribution is 5.91. The van der Waals surface area contributed by atoms with E-state index in [0.29, 0.717) is 23.8 Å². The van der Waals surface area contributed by atoms with Crippen molar-refractivity contribution in [2.45, 2.75) is 110 Å². The van der Waals surface area contributed by atoms with Gasteiger partial charge in [0.15, 0.2) is 5.78 Å². The second kappa shape index (κ2) is 7.79. The zero-order valence-electron chi connectivity index (χ0n) is 21.7. The molecule has 0 aromatic heterocycles. The second-order valence-electron chi connectivity index (χ2n) is 13.0. The molecule has 6 aliphatic rings. The van der Waals surface area contributed by atoms with Crippen molar-refractivity contribution in [1.82, 2.24) is 4.90 Å². The van der Waals surface area contributed by atoms with Crippen LogP contribution in [-0.4, -0.2) is 41.5 Å². The normalized spacial score (nSPS) is 49.5. The molecule has 2 heterocycles. The monoisotopic (exact) mass is 451 g/mol. The average Bonchev–Trinajstić information content (AvgIpc) is 3.29. The standard InChI is InChI=1S/C30H45NO2/c1-6-13-31-17-18(2)14-27-28(31)20(4)30(33-27)12-10-23-24-8-7-21-15-22(32)9-11-29(21,5)26(24)16-25(23)19(30)3/h15,18,20,23-24,26-28H,6-14,16-17H2,1-5H3/t18-,20+,23-,24-,26-,27+,28-,29-,30-/m0/s1. The molecule has 2 aliphatic heterocycles. The van der Waals surface area contributed by atoms with Gasteiger partial charge in [0.25, 0.3) is 0 Å². The van der Waals surface area contributed by atoms with Gasteiger partial charge in [0, 0.05) is 24.9 Å². The SMILES string of the molecule is CCCN1C[C@@H](C)C[C@H]2O[C@]3(CC[C@@H]4C(=C3C)C[C@H]3[C@H]4CCC4=CC(=O)CC[C@@]43C)[C@H](C)[C@@H]21. The van der Waals surface area contributed by atoms with Gasteiger partial charge in [0.05, 0.1) is 11.7 Å². The van der Waals surface area contributed by atoms with Gasteiger partial charge < -0.3 is 4.74 Å². The van der Waals surface area contributed by atoms with E-state index < -0.39 is 0 Å². The molecule has 0 bridgehead atoms. The minimum Gasteiger partial charge on any atom is -0.365 e. The lowest BCUT2D eigenvalue weighted by Gasteiger charge is -2.48. The molecule has 6 rings (SSSR count). The van der Waals surface area contributed by atoms with Crippen molar-refractivity contribution in [3.05, 3.63) is 22.8 Å². The molecule has 182 valence electrons. The molecular formula is C30H45NO2. The molecule has 9 atom stereocenters. The first kappa shape index (κ1) is 22.5. The molecule has 1 spiro atoms. The van der Waals surface area contributed by atoms with Crippen molar-refractivity contribution in [2.75, 3.05) is 13.1 Å². The molecule has 0 N–H and O–H groups in total. The maximum atomic E-state index is 12.2. The molecular weight excluding hydrogens is 406 g/mol. The molecule has 4 aliphatic carbocycles. The van der Waals surface area contributed by atoms with Crippen molar-refractivity contribution < 1.29 is 9.53 Å². The molecule has 4 fully saturated rings. The molecule has 0 aromatic rings. The third kappa shape index (κ3) is 3.10. The molecule has 3 heteroatoms. The Labute approximate surface area is 201 Å². The maximum Gasteiger partial charge on any atom is 0.155 e. The minimum atomic E-state index is -0.0349. The van der Waals surface area contributed by atoms with E-state index in [1.165, 1.54) is 57.2 Å². The predicted molar refractivity (Wildman–Crippen MR) is 133 cm³/mol. The summed E-state index contributed by atoms with van der Waals surface area (Å²) in [5, 5.41) is 0. The van der Waals surface area contributed by atoms with Gasteiger partial charge in [0.2, 0.25) is 0 Å². The number of ether oxygens (including phenoxy) is 1. The Morgan fingerprint density at radius 2 is 2.00 bits per heavy atom. The number of carbonyl (C=O) groups is 1. The molecule has 0 unspecified atom stereocenters. The van der Waals surface area contributed by atoms with Gasteiger partial charge in [-0.05, 0) is 106 Å². The van der Waals surface area contributed by atoms with Crippen LogP contribution in [0, 0.1) is 35.0 Å². The number of carbonyl (C=O) groups excluding carboxylic acids is 1. The number of rotatable bonds is 2. The van der Waals surface area contributed by atoms with Gasteiger partial charge in [0.1, 0.15) is 0 Å². The van der Waals surface area contributed by atoms with Crippen molar-refractivity contribution in [3.8, 4) is 0 Å². The first-order valence-corrected chi connectivity index (χ1v) is 14.1.